The van der Waals surface area contributed by atoms with Crippen molar-refractivity contribution in [2.24, 2.45) is 5.92 Å². The van der Waals surface area contributed by atoms with Crippen LogP contribution in [0.4, 0.5) is 4.79 Å². The van der Waals surface area contributed by atoms with Gasteiger partial charge in [-0.05, 0) is 78.4 Å². The molecule has 1 fully saturated rings. The molecule has 1 rings (SSSR count). The van der Waals surface area contributed by atoms with E-state index in [1.54, 1.807) is 0 Å². The van der Waals surface area contributed by atoms with Gasteiger partial charge < -0.3 is 20.3 Å². The number of nitrogens with zero attached hydrogens (tertiary/aromatic N) is 1. The summed E-state index contributed by atoms with van der Waals surface area (Å²) in [7, 11) is 0. The van der Waals surface area contributed by atoms with Gasteiger partial charge in [-0.25, -0.2) is 4.79 Å². The van der Waals surface area contributed by atoms with Gasteiger partial charge in [-0.15, -0.1) is 0 Å². The van der Waals surface area contributed by atoms with Crippen molar-refractivity contribution >= 4 is 6.09 Å². The summed E-state index contributed by atoms with van der Waals surface area (Å²) in [6.45, 7) is 16.6. The summed E-state index contributed by atoms with van der Waals surface area (Å²) in [6, 6.07) is 0.848. The molecular weight excluding hydrogens is 314 g/mol. The number of carbonyl (C=O) groups excluding carboxylic acids is 1. The SMILES string of the molecule is CCCN1CCCC(NC(CNC(=O)OC(C)(C)C)CC(C)C)CC1. The van der Waals surface area contributed by atoms with Crippen LogP contribution in [0.25, 0.3) is 0 Å². The molecule has 0 saturated carbocycles. The van der Waals surface area contributed by atoms with E-state index >= 15 is 0 Å². The van der Waals surface area contributed by atoms with Crippen LogP contribution in [-0.4, -0.2) is 54.9 Å². The minimum atomic E-state index is -0.449. The Bertz CT molecular complexity index is 380. The molecular formula is C20H41N3O2. The number of nitrogens with one attached hydrogen (secondary N) is 2. The molecule has 1 amide bonds. The molecule has 0 spiro atoms. The highest BCUT2D eigenvalue weighted by Crippen LogP contribution is 2.14. The molecule has 25 heavy (non-hydrogen) atoms. The molecule has 1 aliphatic heterocycles. The van der Waals surface area contributed by atoms with Gasteiger partial charge in [-0.1, -0.05) is 20.8 Å². The molecule has 5 nitrogen and oxygen atoms in total. The maximum absolute atomic E-state index is 11.9. The minimum absolute atomic E-state index is 0.301. The second kappa shape index (κ2) is 11.0. The van der Waals surface area contributed by atoms with E-state index in [0.29, 0.717) is 24.5 Å². The molecule has 5 heteroatoms. The molecule has 2 N–H and O–H groups in total. The Morgan fingerprint density at radius 2 is 1.96 bits per heavy atom. The van der Waals surface area contributed by atoms with E-state index in [-0.39, 0.29) is 6.09 Å². The Hall–Kier alpha value is -0.810. The number of amides is 1. The van der Waals surface area contributed by atoms with E-state index in [0.717, 1.165) is 6.42 Å². The molecule has 0 aliphatic carbocycles. The zero-order valence-electron chi connectivity index (χ0n) is 17.4. The van der Waals surface area contributed by atoms with Crippen LogP contribution in [0.1, 0.15) is 73.6 Å². The first-order valence-electron chi connectivity index (χ1n) is 10.1. The number of alkyl carbamates (subject to hydrolysis) is 1. The van der Waals surface area contributed by atoms with E-state index in [2.05, 4.69) is 36.3 Å². The Balaban J connectivity index is 2.48. The average molecular weight is 356 g/mol. The van der Waals surface area contributed by atoms with Gasteiger partial charge in [-0.3, -0.25) is 0 Å². The van der Waals surface area contributed by atoms with E-state index < -0.39 is 5.60 Å². The topological polar surface area (TPSA) is 53.6 Å². The van der Waals surface area contributed by atoms with Gasteiger partial charge in [0.15, 0.2) is 0 Å². The van der Waals surface area contributed by atoms with Gasteiger partial charge in [-0.2, -0.15) is 0 Å². The van der Waals surface area contributed by atoms with Gasteiger partial charge in [0, 0.05) is 18.6 Å². The summed E-state index contributed by atoms with van der Waals surface area (Å²) in [5, 5.41) is 6.76. The van der Waals surface area contributed by atoms with Crippen LogP contribution in [0.15, 0.2) is 0 Å². The lowest BCUT2D eigenvalue weighted by atomic mass is 10.0. The normalized spacial score (nSPS) is 21.0. The van der Waals surface area contributed by atoms with E-state index in [1.807, 2.05) is 20.8 Å². The van der Waals surface area contributed by atoms with Crippen molar-refractivity contribution in [2.45, 2.75) is 91.3 Å². The third-order valence-electron chi connectivity index (χ3n) is 4.48. The van der Waals surface area contributed by atoms with Crippen molar-refractivity contribution < 1.29 is 9.53 Å². The summed E-state index contributed by atoms with van der Waals surface area (Å²) >= 11 is 0. The first kappa shape index (κ1) is 22.2. The van der Waals surface area contributed by atoms with Gasteiger partial charge in [0.05, 0.1) is 0 Å². The van der Waals surface area contributed by atoms with Crippen LogP contribution < -0.4 is 10.6 Å². The van der Waals surface area contributed by atoms with Crippen molar-refractivity contribution in [3.63, 3.8) is 0 Å². The first-order chi connectivity index (χ1) is 11.7. The zero-order valence-corrected chi connectivity index (χ0v) is 17.4. The monoisotopic (exact) mass is 355 g/mol. The second-order valence-corrected chi connectivity index (χ2v) is 8.85. The fourth-order valence-electron chi connectivity index (χ4n) is 3.50. The number of carbonyl (C=O) groups is 1. The van der Waals surface area contributed by atoms with Crippen LogP contribution in [0, 0.1) is 5.92 Å². The molecule has 0 bridgehead atoms. The molecule has 0 aromatic heterocycles. The fraction of sp³-hybridized carbons (Fsp3) is 0.950. The standard InChI is InChI=1S/C20H41N3O2/c1-7-11-23-12-8-9-17(10-13-23)22-18(14-16(2)3)15-21-19(24)25-20(4,5)6/h16-18,22H,7-15H2,1-6H3,(H,21,24). The predicted molar refractivity (Wildman–Crippen MR) is 105 cm³/mol. The third kappa shape index (κ3) is 10.7. The molecule has 0 radical (unpaired) electrons. The van der Waals surface area contributed by atoms with Crippen molar-refractivity contribution in [2.75, 3.05) is 26.2 Å². The van der Waals surface area contributed by atoms with Gasteiger partial charge >= 0.3 is 6.09 Å². The number of hydrogen-bond acceptors (Lipinski definition) is 4. The number of hydrogen-bond donors (Lipinski definition) is 2. The average Bonchev–Trinajstić information content (AvgIpc) is 2.68. The van der Waals surface area contributed by atoms with E-state index in [9.17, 15) is 4.79 Å². The molecule has 2 unspecified atom stereocenters. The number of ether oxygens (including phenoxy) is 1. The Morgan fingerprint density at radius 1 is 1.24 bits per heavy atom. The lowest BCUT2D eigenvalue weighted by Crippen LogP contribution is -2.47. The quantitative estimate of drug-likeness (QED) is 0.696. The molecule has 0 aromatic carbocycles. The Morgan fingerprint density at radius 3 is 2.56 bits per heavy atom. The summed E-state index contributed by atoms with van der Waals surface area (Å²) in [5.74, 6) is 0.598. The molecule has 1 aliphatic rings. The van der Waals surface area contributed by atoms with Crippen molar-refractivity contribution in [3.8, 4) is 0 Å². The van der Waals surface area contributed by atoms with Crippen LogP contribution in [0.5, 0.6) is 0 Å². The summed E-state index contributed by atoms with van der Waals surface area (Å²) in [6.07, 6.45) is 5.64. The predicted octanol–water partition coefficient (Wildman–Crippen LogP) is 3.78. The fourth-order valence-corrected chi connectivity index (χ4v) is 3.50. The van der Waals surface area contributed by atoms with Gasteiger partial charge in [0.1, 0.15) is 5.60 Å². The first-order valence-corrected chi connectivity index (χ1v) is 10.1. The van der Waals surface area contributed by atoms with Crippen molar-refractivity contribution in [1.82, 2.24) is 15.5 Å². The highest BCUT2D eigenvalue weighted by Gasteiger charge is 2.22. The largest absolute Gasteiger partial charge is 0.444 e. The maximum Gasteiger partial charge on any atom is 0.407 e. The smallest absolute Gasteiger partial charge is 0.407 e. The van der Waals surface area contributed by atoms with E-state index in [1.165, 1.54) is 45.3 Å². The summed E-state index contributed by atoms with van der Waals surface area (Å²) in [4.78, 5) is 14.5. The lowest BCUT2D eigenvalue weighted by molar-refractivity contribution is 0.0519. The highest BCUT2D eigenvalue weighted by molar-refractivity contribution is 5.67. The summed E-state index contributed by atoms with van der Waals surface area (Å²) in [5.41, 5.74) is -0.449. The highest BCUT2D eigenvalue weighted by atomic mass is 16.6. The molecule has 1 heterocycles. The maximum atomic E-state index is 11.9. The van der Waals surface area contributed by atoms with Gasteiger partial charge in [0.2, 0.25) is 0 Å². The molecule has 2 atom stereocenters. The number of rotatable bonds is 8. The van der Waals surface area contributed by atoms with Crippen LogP contribution in [-0.2, 0) is 4.74 Å². The van der Waals surface area contributed by atoms with Crippen molar-refractivity contribution in [1.29, 1.82) is 0 Å². The van der Waals surface area contributed by atoms with Gasteiger partial charge in [0.25, 0.3) is 0 Å². The minimum Gasteiger partial charge on any atom is -0.444 e. The Labute approximate surface area is 155 Å². The summed E-state index contributed by atoms with van der Waals surface area (Å²) < 4.78 is 5.36. The van der Waals surface area contributed by atoms with Crippen LogP contribution >= 0.6 is 0 Å². The van der Waals surface area contributed by atoms with Crippen LogP contribution in [0.2, 0.25) is 0 Å². The third-order valence-corrected chi connectivity index (χ3v) is 4.48. The lowest BCUT2D eigenvalue weighted by Gasteiger charge is -2.27. The molecule has 1 saturated heterocycles. The second-order valence-electron chi connectivity index (χ2n) is 8.85. The van der Waals surface area contributed by atoms with E-state index in [4.69, 9.17) is 4.74 Å². The van der Waals surface area contributed by atoms with Crippen molar-refractivity contribution in [3.05, 3.63) is 0 Å². The Kier molecular flexibility index (Phi) is 9.80. The van der Waals surface area contributed by atoms with Crippen LogP contribution in [0.3, 0.4) is 0 Å². The molecule has 148 valence electrons. The number of likely N-dealkylation sites (tertiary alicyclic amines) is 1. The molecule has 0 aromatic rings. The zero-order chi connectivity index (χ0) is 18.9.